The summed E-state index contributed by atoms with van der Waals surface area (Å²) in [6, 6.07) is 13.9. The summed E-state index contributed by atoms with van der Waals surface area (Å²) in [5, 5.41) is 22.8. The van der Waals surface area contributed by atoms with Gasteiger partial charge < -0.3 is 15.0 Å². The van der Waals surface area contributed by atoms with Crippen LogP contribution in [0, 0.1) is 10.1 Å². The van der Waals surface area contributed by atoms with Crippen LogP contribution in [0.1, 0.15) is 26.2 Å². The molecule has 0 saturated carbocycles. The summed E-state index contributed by atoms with van der Waals surface area (Å²) in [7, 11) is 1.44. The lowest BCUT2D eigenvalue weighted by molar-refractivity contribution is -0.384. The maximum absolute atomic E-state index is 13.0. The van der Waals surface area contributed by atoms with Gasteiger partial charge in [-0.05, 0) is 44.4 Å². The summed E-state index contributed by atoms with van der Waals surface area (Å²) < 4.78 is 7.23. The number of nitrogens with zero attached hydrogens (tertiary/aromatic N) is 5. The van der Waals surface area contributed by atoms with Crippen molar-refractivity contribution in [1.29, 1.82) is 0 Å². The van der Waals surface area contributed by atoms with E-state index in [9.17, 15) is 14.9 Å². The molecule has 1 amide bonds. The molecule has 2 heterocycles. The lowest BCUT2D eigenvalue weighted by atomic mass is 10.1. The van der Waals surface area contributed by atoms with Crippen molar-refractivity contribution >= 4 is 35.0 Å². The highest BCUT2D eigenvalue weighted by Gasteiger charge is 2.25. The van der Waals surface area contributed by atoms with Gasteiger partial charge in [0.2, 0.25) is 11.9 Å². The zero-order valence-electron chi connectivity index (χ0n) is 19.0. The van der Waals surface area contributed by atoms with E-state index >= 15 is 0 Å². The molecule has 0 radical (unpaired) electrons. The van der Waals surface area contributed by atoms with E-state index in [1.54, 1.807) is 6.92 Å². The molecular weight excluding hydrogens is 456 g/mol. The van der Waals surface area contributed by atoms with Crippen LogP contribution < -0.4 is 15.0 Å². The van der Waals surface area contributed by atoms with Gasteiger partial charge in [-0.2, -0.15) is 0 Å². The molecule has 178 valence electrons. The van der Waals surface area contributed by atoms with Crippen molar-refractivity contribution < 1.29 is 14.5 Å². The Labute approximate surface area is 201 Å². The number of carbonyl (C=O) groups excluding carboxylic acids is 1. The van der Waals surface area contributed by atoms with Gasteiger partial charge in [0.05, 0.1) is 28.7 Å². The first-order valence-corrected chi connectivity index (χ1v) is 11.9. The van der Waals surface area contributed by atoms with Crippen LogP contribution in [0.2, 0.25) is 0 Å². The molecule has 0 bridgehead atoms. The zero-order chi connectivity index (χ0) is 24.1. The fourth-order valence-electron chi connectivity index (χ4n) is 3.79. The fourth-order valence-corrected chi connectivity index (χ4v) is 4.66. The van der Waals surface area contributed by atoms with E-state index < -0.39 is 10.2 Å². The van der Waals surface area contributed by atoms with Crippen LogP contribution >= 0.6 is 11.8 Å². The van der Waals surface area contributed by atoms with Crippen molar-refractivity contribution in [2.45, 2.75) is 36.6 Å². The van der Waals surface area contributed by atoms with Crippen LogP contribution in [0.5, 0.6) is 5.75 Å². The van der Waals surface area contributed by atoms with Gasteiger partial charge in [-0.15, -0.1) is 10.2 Å². The summed E-state index contributed by atoms with van der Waals surface area (Å²) in [5.74, 6) is 0.781. The van der Waals surface area contributed by atoms with E-state index in [1.807, 2.05) is 34.9 Å². The van der Waals surface area contributed by atoms with Gasteiger partial charge in [0.15, 0.2) is 5.16 Å². The second-order valence-corrected chi connectivity index (χ2v) is 9.20. The molecule has 2 aromatic carbocycles. The Hall–Kier alpha value is -3.60. The molecule has 1 aromatic heterocycles. The lowest BCUT2D eigenvalue weighted by Crippen LogP contribution is -2.31. The third-order valence-electron chi connectivity index (χ3n) is 5.57. The average Bonchev–Trinajstić information content (AvgIpc) is 3.28. The number of amides is 1. The number of aromatic nitrogens is 3. The Kier molecular flexibility index (Phi) is 7.31. The Morgan fingerprint density at radius 1 is 1.15 bits per heavy atom. The first-order valence-electron chi connectivity index (χ1n) is 11.0. The number of methoxy groups -OCH3 is 1. The standard InChI is InChI=1S/C23H26N6O4S/c1-16(21(30)24-19-15-18(29(31)32)11-12-20(19)33-2)34-23-26-25-22(27-13-7-4-8-14-27)28(23)17-9-5-3-6-10-17/h3,5-6,9-12,15-16H,4,7-8,13-14H2,1-2H3,(H,24,30). The Morgan fingerprint density at radius 3 is 2.56 bits per heavy atom. The highest BCUT2D eigenvalue weighted by atomic mass is 32.2. The average molecular weight is 483 g/mol. The molecule has 1 aliphatic heterocycles. The third-order valence-corrected chi connectivity index (χ3v) is 6.62. The number of anilines is 2. The molecule has 4 rings (SSSR count). The molecule has 1 saturated heterocycles. The molecule has 3 aromatic rings. The van der Waals surface area contributed by atoms with E-state index in [1.165, 1.54) is 43.5 Å². The number of benzene rings is 2. The van der Waals surface area contributed by atoms with Crippen LogP contribution in [-0.4, -0.2) is 51.0 Å². The van der Waals surface area contributed by atoms with Gasteiger partial charge in [-0.3, -0.25) is 19.5 Å². The Balaban J connectivity index is 1.58. The van der Waals surface area contributed by atoms with E-state index in [-0.39, 0.29) is 17.3 Å². The van der Waals surface area contributed by atoms with Crippen LogP contribution in [0.25, 0.3) is 5.69 Å². The molecule has 34 heavy (non-hydrogen) atoms. The van der Waals surface area contributed by atoms with Gasteiger partial charge in [0.25, 0.3) is 5.69 Å². The highest BCUT2D eigenvalue weighted by Crippen LogP contribution is 2.33. The number of rotatable bonds is 8. The van der Waals surface area contributed by atoms with E-state index in [0.717, 1.165) is 37.6 Å². The predicted octanol–water partition coefficient (Wildman–Crippen LogP) is 4.29. The van der Waals surface area contributed by atoms with E-state index in [2.05, 4.69) is 20.4 Å². The van der Waals surface area contributed by atoms with E-state index in [0.29, 0.717) is 10.9 Å². The summed E-state index contributed by atoms with van der Waals surface area (Å²) in [6.45, 7) is 3.59. The van der Waals surface area contributed by atoms with Crippen LogP contribution in [0.4, 0.5) is 17.3 Å². The Morgan fingerprint density at radius 2 is 1.88 bits per heavy atom. The number of non-ortho nitro benzene ring substituents is 1. The van der Waals surface area contributed by atoms with Gasteiger partial charge in [-0.1, -0.05) is 30.0 Å². The number of nitro benzene ring substituents is 1. The summed E-state index contributed by atoms with van der Waals surface area (Å²) >= 11 is 1.28. The molecule has 1 N–H and O–H groups in total. The van der Waals surface area contributed by atoms with Crippen molar-refractivity contribution in [1.82, 2.24) is 14.8 Å². The number of nitrogens with one attached hydrogen (secondary N) is 1. The number of hydrogen-bond acceptors (Lipinski definition) is 8. The summed E-state index contributed by atoms with van der Waals surface area (Å²) in [5.41, 5.74) is 1.03. The lowest BCUT2D eigenvalue weighted by Gasteiger charge is -2.28. The number of carbonyl (C=O) groups is 1. The number of thioether (sulfide) groups is 1. The Bertz CT molecular complexity index is 1160. The maximum Gasteiger partial charge on any atom is 0.271 e. The molecule has 10 nitrogen and oxygen atoms in total. The quantitative estimate of drug-likeness (QED) is 0.287. The smallest absolute Gasteiger partial charge is 0.271 e. The highest BCUT2D eigenvalue weighted by molar-refractivity contribution is 8.00. The molecule has 11 heteroatoms. The maximum atomic E-state index is 13.0. The molecule has 1 unspecified atom stereocenters. The zero-order valence-corrected chi connectivity index (χ0v) is 19.8. The summed E-state index contributed by atoms with van der Waals surface area (Å²) in [6.07, 6.45) is 3.41. The normalized spacial score (nSPS) is 14.5. The van der Waals surface area contributed by atoms with Crippen molar-refractivity contribution in [3.05, 3.63) is 58.6 Å². The molecule has 0 aliphatic carbocycles. The minimum Gasteiger partial charge on any atom is -0.495 e. The molecule has 1 atom stereocenters. The van der Waals surface area contributed by atoms with Crippen molar-refractivity contribution in [3.63, 3.8) is 0 Å². The second-order valence-electron chi connectivity index (χ2n) is 7.89. The minimum absolute atomic E-state index is 0.133. The monoisotopic (exact) mass is 482 g/mol. The number of nitro groups is 1. The molecule has 0 spiro atoms. The third kappa shape index (κ3) is 5.14. The first-order chi connectivity index (χ1) is 16.5. The topological polar surface area (TPSA) is 115 Å². The largest absolute Gasteiger partial charge is 0.495 e. The SMILES string of the molecule is COc1ccc([N+](=O)[O-])cc1NC(=O)C(C)Sc1nnc(N2CCCCC2)n1-c1ccccc1. The van der Waals surface area contributed by atoms with Crippen molar-refractivity contribution in [2.24, 2.45) is 0 Å². The van der Waals surface area contributed by atoms with Gasteiger partial charge in [0, 0.05) is 25.2 Å². The first kappa shape index (κ1) is 23.6. The van der Waals surface area contributed by atoms with E-state index in [4.69, 9.17) is 4.74 Å². The fraction of sp³-hybridized carbons (Fsp3) is 0.348. The van der Waals surface area contributed by atoms with Crippen LogP contribution in [0.3, 0.4) is 0 Å². The minimum atomic E-state index is -0.551. The van der Waals surface area contributed by atoms with Gasteiger partial charge in [-0.25, -0.2) is 0 Å². The second kappa shape index (κ2) is 10.6. The van der Waals surface area contributed by atoms with Crippen LogP contribution in [-0.2, 0) is 4.79 Å². The van der Waals surface area contributed by atoms with Crippen molar-refractivity contribution in [3.8, 4) is 11.4 Å². The molecule has 1 aliphatic rings. The molecular formula is C23H26N6O4S. The number of hydrogen-bond donors (Lipinski definition) is 1. The number of ether oxygens (including phenoxy) is 1. The number of piperidine rings is 1. The van der Waals surface area contributed by atoms with Gasteiger partial charge in [0.1, 0.15) is 5.75 Å². The number of para-hydroxylation sites is 1. The molecule has 1 fully saturated rings. The van der Waals surface area contributed by atoms with Crippen LogP contribution in [0.15, 0.2) is 53.7 Å². The summed E-state index contributed by atoms with van der Waals surface area (Å²) in [4.78, 5) is 25.9. The van der Waals surface area contributed by atoms with Gasteiger partial charge >= 0.3 is 0 Å². The predicted molar refractivity (Wildman–Crippen MR) is 131 cm³/mol. The van der Waals surface area contributed by atoms with Crippen molar-refractivity contribution in [2.75, 3.05) is 30.4 Å².